The van der Waals surface area contributed by atoms with E-state index in [-0.39, 0.29) is 6.10 Å². The first kappa shape index (κ1) is 31.3. The molecule has 2 nitrogen and oxygen atoms in total. The Balaban J connectivity index is 3.61. The molecule has 0 heterocycles. The standard InChI is InChI=1S/C28H58O2S/c1-5-7-9-11-13-15-16-18-20-22-24-31-26-28(25-30-27(3)4)29-23-21-19-17-14-12-10-8-6-2/h27-28H,5-26H2,1-4H3. The molecule has 0 fully saturated rings. The van der Waals surface area contributed by atoms with E-state index < -0.39 is 0 Å². The molecule has 0 bridgehead atoms. The molecule has 0 rings (SSSR count). The molecule has 0 saturated carbocycles. The highest BCUT2D eigenvalue weighted by Crippen LogP contribution is 2.15. The van der Waals surface area contributed by atoms with E-state index >= 15 is 0 Å². The van der Waals surface area contributed by atoms with Crippen LogP contribution in [0, 0.1) is 0 Å². The van der Waals surface area contributed by atoms with E-state index in [1.807, 2.05) is 0 Å². The molecule has 0 amide bonds. The van der Waals surface area contributed by atoms with Crippen LogP contribution in [0.5, 0.6) is 0 Å². The molecule has 0 spiro atoms. The molecule has 0 aromatic carbocycles. The predicted molar refractivity (Wildman–Crippen MR) is 143 cm³/mol. The van der Waals surface area contributed by atoms with Gasteiger partial charge in [0.1, 0.15) is 0 Å². The Morgan fingerprint density at radius 2 is 1.00 bits per heavy atom. The van der Waals surface area contributed by atoms with E-state index in [9.17, 15) is 0 Å². The second-order valence-corrected chi connectivity index (χ2v) is 10.8. The third-order valence-corrected chi connectivity index (χ3v) is 7.10. The third kappa shape index (κ3) is 26.4. The Morgan fingerprint density at radius 3 is 1.48 bits per heavy atom. The Hall–Kier alpha value is 0.270. The van der Waals surface area contributed by atoms with Crippen LogP contribution in [0.25, 0.3) is 0 Å². The molecule has 3 heteroatoms. The van der Waals surface area contributed by atoms with Crippen LogP contribution in [0.2, 0.25) is 0 Å². The van der Waals surface area contributed by atoms with Gasteiger partial charge in [0.25, 0.3) is 0 Å². The highest BCUT2D eigenvalue weighted by molar-refractivity contribution is 7.99. The molecule has 0 aliphatic carbocycles. The maximum atomic E-state index is 6.19. The minimum absolute atomic E-state index is 0.264. The van der Waals surface area contributed by atoms with Crippen molar-refractivity contribution in [1.29, 1.82) is 0 Å². The molecule has 0 aliphatic rings. The average Bonchev–Trinajstić information content (AvgIpc) is 2.76. The molecular formula is C28H58O2S. The van der Waals surface area contributed by atoms with Crippen molar-refractivity contribution in [2.45, 2.75) is 155 Å². The quantitative estimate of drug-likeness (QED) is 0.120. The fourth-order valence-corrected chi connectivity index (χ4v) is 4.87. The first-order valence-corrected chi connectivity index (χ1v) is 15.2. The lowest BCUT2D eigenvalue weighted by molar-refractivity contribution is -0.0251. The SMILES string of the molecule is CCCCCCCCCCCCSCC(COC(C)C)OCCCCCCCCCC. The van der Waals surface area contributed by atoms with Crippen LogP contribution in [-0.4, -0.2) is 36.9 Å². The van der Waals surface area contributed by atoms with Gasteiger partial charge < -0.3 is 9.47 Å². The zero-order chi connectivity index (χ0) is 22.8. The minimum Gasteiger partial charge on any atom is -0.376 e. The van der Waals surface area contributed by atoms with E-state index in [1.54, 1.807) is 0 Å². The van der Waals surface area contributed by atoms with Crippen LogP contribution in [0.3, 0.4) is 0 Å². The fraction of sp³-hybridized carbons (Fsp3) is 1.00. The average molecular weight is 459 g/mol. The molecule has 1 unspecified atom stereocenters. The lowest BCUT2D eigenvalue weighted by Gasteiger charge is -2.19. The molecule has 0 aliphatic heterocycles. The summed E-state index contributed by atoms with van der Waals surface area (Å²) in [6.45, 7) is 10.5. The summed E-state index contributed by atoms with van der Waals surface area (Å²) >= 11 is 2.06. The van der Waals surface area contributed by atoms with Crippen LogP contribution in [-0.2, 0) is 9.47 Å². The normalized spacial score (nSPS) is 12.7. The first-order chi connectivity index (χ1) is 15.2. The van der Waals surface area contributed by atoms with E-state index in [0.717, 1.165) is 19.0 Å². The minimum atomic E-state index is 0.264. The van der Waals surface area contributed by atoms with Gasteiger partial charge in [-0.3, -0.25) is 0 Å². The van der Waals surface area contributed by atoms with Gasteiger partial charge in [-0.05, 0) is 32.4 Å². The second kappa shape index (κ2) is 26.5. The molecule has 31 heavy (non-hydrogen) atoms. The van der Waals surface area contributed by atoms with E-state index in [2.05, 4.69) is 39.5 Å². The predicted octanol–water partition coefficient (Wildman–Crippen LogP) is 9.59. The van der Waals surface area contributed by atoms with Crippen LogP contribution in [0.1, 0.15) is 143 Å². The number of rotatable bonds is 26. The van der Waals surface area contributed by atoms with Crippen molar-refractivity contribution >= 4 is 11.8 Å². The van der Waals surface area contributed by atoms with Crippen molar-refractivity contribution in [3.05, 3.63) is 0 Å². The Labute approximate surface area is 201 Å². The summed E-state index contributed by atoms with van der Waals surface area (Å²) in [4.78, 5) is 0. The number of hydrogen-bond acceptors (Lipinski definition) is 3. The van der Waals surface area contributed by atoms with Crippen molar-refractivity contribution in [2.24, 2.45) is 0 Å². The molecule has 0 aromatic heterocycles. The molecule has 0 saturated heterocycles. The van der Waals surface area contributed by atoms with Gasteiger partial charge in [0.2, 0.25) is 0 Å². The number of ether oxygens (including phenoxy) is 2. The maximum absolute atomic E-state index is 6.19. The van der Waals surface area contributed by atoms with Gasteiger partial charge in [-0.25, -0.2) is 0 Å². The van der Waals surface area contributed by atoms with Gasteiger partial charge in [-0.2, -0.15) is 11.8 Å². The Kier molecular flexibility index (Phi) is 26.8. The van der Waals surface area contributed by atoms with Crippen LogP contribution in [0.15, 0.2) is 0 Å². The topological polar surface area (TPSA) is 18.5 Å². The lowest BCUT2D eigenvalue weighted by Crippen LogP contribution is -2.25. The zero-order valence-corrected chi connectivity index (χ0v) is 22.8. The van der Waals surface area contributed by atoms with E-state index in [4.69, 9.17) is 9.47 Å². The molecule has 0 radical (unpaired) electrons. The van der Waals surface area contributed by atoms with Gasteiger partial charge in [0, 0.05) is 12.4 Å². The highest BCUT2D eigenvalue weighted by atomic mass is 32.2. The van der Waals surface area contributed by atoms with Gasteiger partial charge in [0.15, 0.2) is 0 Å². The Bertz CT molecular complexity index is 322. The summed E-state index contributed by atoms with van der Waals surface area (Å²) in [5.74, 6) is 2.36. The summed E-state index contributed by atoms with van der Waals surface area (Å²) < 4.78 is 12.0. The van der Waals surface area contributed by atoms with Gasteiger partial charge in [-0.1, -0.05) is 117 Å². The van der Waals surface area contributed by atoms with Crippen molar-refractivity contribution in [3.8, 4) is 0 Å². The molecule has 0 N–H and O–H groups in total. The molecule has 188 valence electrons. The third-order valence-electron chi connectivity index (χ3n) is 5.91. The molecule has 0 aromatic rings. The highest BCUT2D eigenvalue weighted by Gasteiger charge is 2.11. The second-order valence-electron chi connectivity index (χ2n) is 9.61. The first-order valence-electron chi connectivity index (χ1n) is 14.0. The van der Waals surface area contributed by atoms with Crippen LogP contribution in [0.4, 0.5) is 0 Å². The summed E-state index contributed by atoms with van der Waals surface area (Å²) in [7, 11) is 0. The van der Waals surface area contributed by atoms with Crippen molar-refractivity contribution in [2.75, 3.05) is 24.7 Å². The molecule has 1 atom stereocenters. The van der Waals surface area contributed by atoms with Crippen molar-refractivity contribution in [1.82, 2.24) is 0 Å². The van der Waals surface area contributed by atoms with Crippen LogP contribution >= 0.6 is 11.8 Å². The summed E-state index contributed by atoms with van der Waals surface area (Å²) in [5, 5.41) is 0. The number of unbranched alkanes of at least 4 members (excludes halogenated alkanes) is 16. The van der Waals surface area contributed by atoms with Gasteiger partial charge in [0.05, 0.1) is 18.8 Å². The van der Waals surface area contributed by atoms with Crippen molar-refractivity contribution in [3.63, 3.8) is 0 Å². The molecular weight excluding hydrogens is 400 g/mol. The smallest absolute Gasteiger partial charge is 0.0898 e. The lowest BCUT2D eigenvalue weighted by atomic mass is 10.1. The summed E-state index contributed by atoms with van der Waals surface area (Å²) in [6, 6.07) is 0. The zero-order valence-electron chi connectivity index (χ0n) is 21.9. The number of hydrogen-bond donors (Lipinski definition) is 0. The van der Waals surface area contributed by atoms with E-state index in [1.165, 1.54) is 121 Å². The summed E-state index contributed by atoms with van der Waals surface area (Å²) in [5.41, 5.74) is 0. The Morgan fingerprint density at radius 1 is 0.548 bits per heavy atom. The number of thioether (sulfide) groups is 1. The van der Waals surface area contributed by atoms with Gasteiger partial charge >= 0.3 is 0 Å². The van der Waals surface area contributed by atoms with E-state index in [0.29, 0.717) is 6.10 Å². The maximum Gasteiger partial charge on any atom is 0.0898 e. The monoisotopic (exact) mass is 458 g/mol. The summed E-state index contributed by atoms with van der Waals surface area (Å²) in [6.07, 6.45) is 25.6. The fourth-order valence-electron chi connectivity index (χ4n) is 3.84. The van der Waals surface area contributed by atoms with Gasteiger partial charge in [-0.15, -0.1) is 0 Å². The van der Waals surface area contributed by atoms with Crippen LogP contribution < -0.4 is 0 Å². The largest absolute Gasteiger partial charge is 0.376 e. The van der Waals surface area contributed by atoms with Crippen molar-refractivity contribution < 1.29 is 9.47 Å².